The van der Waals surface area contributed by atoms with Gasteiger partial charge >= 0.3 is 12.2 Å². The number of benzene rings is 1. The Balaban J connectivity index is 1.82. The molecular formula is C15H15F2N3O5. The molecule has 0 radical (unpaired) electrons. The molecule has 0 spiro atoms. The first-order valence-electron chi connectivity index (χ1n) is 7.60. The molecule has 0 saturated carbocycles. The molecule has 2 heterocycles. The molecule has 1 saturated heterocycles. The van der Waals surface area contributed by atoms with E-state index in [-0.39, 0.29) is 42.4 Å². The molecule has 1 fully saturated rings. The molecule has 134 valence electrons. The molecule has 2 N–H and O–H groups in total. The van der Waals surface area contributed by atoms with Crippen LogP contribution in [0, 0.1) is 11.6 Å². The van der Waals surface area contributed by atoms with Gasteiger partial charge in [-0.25, -0.2) is 18.4 Å². The SMILES string of the molecule is CCC(=O)NC[C@H]1CN(c2cc(F)c3c(c2F)COC(=O)N3)C(=O)O1. The van der Waals surface area contributed by atoms with Crippen molar-refractivity contribution in [2.45, 2.75) is 26.1 Å². The fraction of sp³-hybridized carbons (Fsp3) is 0.400. The summed E-state index contributed by atoms with van der Waals surface area (Å²) in [5, 5.41) is 4.66. The Morgan fingerprint density at radius 1 is 1.44 bits per heavy atom. The maximum absolute atomic E-state index is 14.7. The average molecular weight is 355 g/mol. The third-order valence-corrected chi connectivity index (χ3v) is 3.88. The van der Waals surface area contributed by atoms with Gasteiger partial charge in [0, 0.05) is 12.5 Å². The van der Waals surface area contributed by atoms with E-state index in [9.17, 15) is 23.2 Å². The molecule has 8 nitrogen and oxygen atoms in total. The average Bonchev–Trinajstić information content (AvgIpc) is 2.96. The number of anilines is 2. The predicted molar refractivity (Wildman–Crippen MR) is 81.1 cm³/mol. The standard InChI is InChI=1S/C15H15F2N3O5/c1-2-11(21)18-4-7-5-20(15(23)25-7)10-3-9(16)13-8(12(10)17)6-24-14(22)19-13/h3,7H,2,4-6H2,1H3,(H,18,21)(H,19,22)/t7-/m0/s1. The quantitative estimate of drug-likeness (QED) is 0.860. The van der Waals surface area contributed by atoms with Crippen molar-refractivity contribution >= 4 is 29.5 Å². The normalized spacial score (nSPS) is 19.0. The van der Waals surface area contributed by atoms with Crippen LogP contribution in [-0.4, -0.2) is 37.3 Å². The second-order valence-corrected chi connectivity index (χ2v) is 5.52. The van der Waals surface area contributed by atoms with Crippen molar-refractivity contribution in [1.29, 1.82) is 0 Å². The van der Waals surface area contributed by atoms with Crippen molar-refractivity contribution in [2.24, 2.45) is 0 Å². The van der Waals surface area contributed by atoms with Gasteiger partial charge in [-0.1, -0.05) is 6.92 Å². The summed E-state index contributed by atoms with van der Waals surface area (Å²) in [6.07, 6.45) is -2.14. The van der Waals surface area contributed by atoms with Crippen LogP contribution in [0.2, 0.25) is 0 Å². The second-order valence-electron chi connectivity index (χ2n) is 5.52. The maximum atomic E-state index is 14.7. The number of nitrogens with one attached hydrogen (secondary N) is 2. The molecule has 1 atom stereocenters. The molecule has 0 unspecified atom stereocenters. The number of hydrogen-bond acceptors (Lipinski definition) is 5. The first kappa shape index (κ1) is 16.9. The van der Waals surface area contributed by atoms with Crippen molar-refractivity contribution in [3.63, 3.8) is 0 Å². The van der Waals surface area contributed by atoms with E-state index in [0.717, 1.165) is 11.0 Å². The topological polar surface area (TPSA) is 97.0 Å². The molecule has 2 aliphatic rings. The molecule has 3 rings (SSSR count). The fourth-order valence-corrected chi connectivity index (χ4v) is 2.58. The van der Waals surface area contributed by atoms with Gasteiger partial charge in [-0.05, 0) is 0 Å². The lowest BCUT2D eigenvalue weighted by Crippen LogP contribution is -2.34. The van der Waals surface area contributed by atoms with E-state index >= 15 is 0 Å². The molecule has 10 heteroatoms. The Morgan fingerprint density at radius 2 is 2.20 bits per heavy atom. The van der Waals surface area contributed by atoms with Gasteiger partial charge in [-0.15, -0.1) is 0 Å². The summed E-state index contributed by atoms with van der Waals surface area (Å²) in [7, 11) is 0. The largest absolute Gasteiger partial charge is 0.444 e. The van der Waals surface area contributed by atoms with E-state index in [1.54, 1.807) is 6.92 Å². The smallest absolute Gasteiger partial charge is 0.414 e. The number of halogens is 2. The van der Waals surface area contributed by atoms with E-state index in [0.29, 0.717) is 0 Å². The Labute approximate surface area is 141 Å². The highest BCUT2D eigenvalue weighted by Crippen LogP contribution is 2.35. The van der Waals surface area contributed by atoms with Crippen molar-refractivity contribution < 1.29 is 32.6 Å². The third-order valence-electron chi connectivity index (χ3n) is 3.88. The van der Waals surface area contributed by atoms with Gasteiger partial charge in [0.25, 0.3) is 0 Å². The van der Waals surface area contributed by atoms with E-state index in [1.807, 2.05) is 0 Å². The fourth-order valence-electron chi connectivity index (χ4n) is 2.58. The van der Waals surface area contributed by atoms with Crippen molar-refractivity contribution in [1.82, 2.24) is 5.32 Å². The molecule has 25 heavy (non-hydrogen) atoms. The van der Waals surface area contributed by atoms with Crippen LogP contribution in [0.25, 0.3) is 0 Å². The summed E-state index contributed by atoms with van der Waals surface area (Å²) in [4.78, 5) is 35.3. The first-order chi connectivity index (χ1) is 11.9. The lowest BCUT2D eigenvalue weighted by Gasteiger charge is -2.22. The van der Waals surface area contributed by atoms with Gasteiger partial charge in [0.2, 0.25) is 5.91 Å². The molecule has 0 aromatic heterocycles. The minimum Gasteiger partial charge on any atom is -0.444 e. The number of rotatable bonds is 4. The van der Waals surface area contributed by atoms with E-state index in [2.05, 4.69) is 15.4 Å². The highest BCUT2D eigenvalue weighted by atomic mass is 19.1. The number of amides is 3. The number of carbonyl (C=O) groups is 3. The minimum absolute atomic E-state index is 0.0504. The summed E-state index contributed by atoms with van der Waals surface area (Å²) in [5.74, 6) is -1.99. The summed E-state index contributed by atoms with van der Waals surface area (Å²) in [6, 6.07) is 0.814. The van der Waals surface area contributed by atoms with Gasteiger partial charge in [0.1, 0.15) is 18.5 Å². The van der Waals surface area contributed by atoms with Gasteiger partial charge in [-0.2, -0.15) is 0 Å². The summed E-state index contributed by atoms with van der Waals surface area (Å²) in [6.45, 7) is 1.25. The minimum atomic E-state index is -0.890. The molecule has 0 aliphatic carbocycles. The van der Waals surface area contributed by atoms with E-state index in [1.165, 1.54) is 0 Å². The van der Waals surface area contributed by atoms with Crippen LogP contribution in [0.4, 0.5) is 29.7 Å². The Kier molecular flexibility index (Phi) is 4.43. The molecule has 3 amide bonds. The van der Waals surface area contributed by atoms with Crippen molar-refractivity contribution in [2.75, 3.05) is 23.3 Å². The Hall–Kier alpha value is -2.91. The van der Waals surface area contributed by atoms with E-state index < -0.39 is 36.5 Å². The number of cyclic esters (lactones) is 2. The number of fused-ring (bicyclic) bond motifs is 1. The van der Waals surface area contributed by atoms with Crippen LogP contribution in [0.15, 0.2) is 6.07 Å². The zero-order valence-corrected chi connectivity index (χ0v) is 13.2. The summed E-state index contributed by atoms with van der Waals surface area (Å²) < 4.78 is 38.6. The van der Waals surface area contributed by atoms with Gasteiger partial charge in [-0.3, -0.25) is 15.0 Å². The van der Waals surface area contributed by atoms with Crippen LogP contribution in [0.5, 0.6) is 0 Å². The molecule has 2 aliphatic heterocycles. The molecule has 1 aromatic carbocycles. The summed E-state index contributed by atoms with van der Waals surface area (Å²) >= 11 is 0. The van der Waals surface area contributed by atoms with Crippen LogP contribution in [0.3, 0.4) is 0 Å². The summed E-state index contributed by atoms with van der Waals surface area (Å²) in [5.41, 5.74) is -0.813. The van der Waals surface area contributed by atoms with E-state index in [4.69, 9.17) is 4.74 Å². The molecule has 1 aromatic rings. The zero-order chi connectivity index (χ0) is 18.1. The van der Waals surface area contributed by atoms with Crippen molar-refractivity contribution in [3.05, 3.63) is 23.3 Å². The number of hydrogen-bond donors (Lipinski definition) is 2. The van der Waals surface area contributed by atoms with Crippen LogP contribution < -0.4 is 15.5 Å². The Bertz CT molecular complexity index is 755. The van der Waals surface area contributed by atoms with Gasteiger partial charge < -0.3 is 14.8 Å². The van der Waals surface area contributed by atoms with Crippen LogP contribution in [-0.2, 0) is 20.9 Å². The van der Waals surface area contributed by atoms with Crippen LogP contribution >= 0.6 is 0 Å². The van der Waals surface area contributed by atoms with Crippen LogP contribution in [0.1, 0.15) is 18.9 Å². The lowest BCUT2D eigenvalue weighted by atomic mass is 10.1. The Morgan fingerprint density at radius 3 is 2.92 bits per heavy atom. The second kappa shape index (κ2) is 6.54. The van der Waals surface area contributed by atoms with Gasteiger partial charge in [0.15, 0.2) is 5.82 Å². The first-order valence-corrected chi connectivity index (χ1v) is 7.60. The number of nitrogens with zero attached hydrogens (tertiary/aromatic N) is 1. The van der Waals surface area contributed by atoms with Crippen molar-refractivity contribution in [3.8, 4) is 0 Å². The molecular weight excluding hydrogens is 340 g/mol. The van der Waals surface area contributed by atoms with Gasteiger partial charge in [0.05, 0.1) is 30.0 Å². The molecule has 0 bridgehead atoms. The number of carbonyl (C=O) groups excluding carboxylic acids is 3. The number of ether oxygens (including phenoxy) is 2. The zero-order valence-electron chi connectivity index (χ0n) is 13.2. The lowest BCUT2D eigenvalue weighted by molar-refractivity contribution is -0.121. The monoisotopic (exact) mass is 355 g/mol. The maximum Gasteiger partial charge on any atom is 0.414 e. The predicted octanol–water partition coefficient (Wildman–Crippen LogP) is 1.88. The highest BCUT2D eigenvalue weighted by Gasteiger charge is 2.36. The third kappa shape index (κ3) is 3.19. The highest BCUT2D eigenvalue weighted by molar-refractivity contribution is 5.93.